The van der Waals surface area contributed by atoms with Gasteiger partial charge in [-0.2, -0.15) is 5.10 Å². The van der Waals surface area contributed by atoms with E-state index in [1.807, 2.05) is 0 Å². The highest BCUT2D eigenvalue weighted by Crippen LogP contribution is 2.41. The summed E-state index contributed by atoms with van der Waals surface area (Å²) in [5.74, 6) is -1.63. The molecule has 3 N–H and O–H groups in total. The Balaban J connectivity index is 1.51. The molecule has 52 heavy (non-hydrogen) atoms. The number of pyridine rings is 1. The van der Waals surface area contributed by atoms with Gasteiger partial charge in [0.25, 0.3) is 0 Å². The van der Waals surface area contributed by atoms with Crippen molar-refractivity contribution in [2.24, 2.45) is 7.05 Å². The Hall–Kier alpha value is -4.41. The average molecular weight is 774 g/mol. The van der Waals surface area contributed by atoms with Crippen LogP contribution in [0.25, 0.3) is 22.0 Å². The van der Waals surface area contributed by atoms with E-state index >= 15 is 0 Å². The van der Waals surface area contributed by atoms with Gasteiger partial charge in [0.1, 0.15) is 17.5 Å². The first-order chi connectivity index (χ1) is 24.4. The molecule has 0 aliphatic heterocycles. The van der Waals surface area contributed by atoms with Crippen LogP contribution in [0, 0.1) is 11.6 Å². The third-order valence-corrected chi connectivity index (χ3v) is 13.1. The third-order valence-electron chi connectivity index (χ3n) is 9.12. The smallest absolute Gasteiger partial charge is 0.231 e. The topological polar surface area (TPSA) is 169 Å². The minimum absolute atomic E-state index is 0.00983. The number of imidazole rings is 1. The molecule has 1 aliphatic rings. The maximum absolute atomic E-state index is 14.5. The van der Waals surface area contributed by atoms with Gasteiger partial charge in [-0.15, -0.1) is 0 Å². The summed E-state index contributed by atoms with van der Waals surface area (Å²) < 4.78 is 82.7. The molecule has 5 aromatic rings. The fourth-order valence-electron chi connectivity index (χ4n) is 6.37. The summed E-state index contributed by atoms with van der Waals surface area (Å²) in [5, 5.41) is 7.57. The number of sulfone groups is 1. The molecule has 0 bridgehead atoms. The zero-order valence-electron chi connectivity index (χ0n) is 28.9. The predicted octanol–water partition coefficient (Wildman–Crippen LogP) is 5.59. The SMILES string of the molecule is Cn1nc(NS(C)(=O)=O)c2c(Cl)ccc(-c3ccc(CCC(C)(C)S(=O)(=O)C4CC4)nc3[C@H](Cc3cc(F)cc(F)c3)NC(=O)Cc3ncc[nH]3)c21. The number of nitrogens with one attached hydrogen (secondary N) is 3. The Morgan fingerprint density at radius 3 is 2.40 bits per heavy atom. The summed E-state index contributed by atoms with van der Waals surface area (Å²) in [6, 6.07) is 8.98. The number of aromatic amines is 1. The number of fused-ring (bicyclic) bond motifs is 1. The highest BCUT2D eigenvalue weighted by Gasteiger charge is 2.45. The Morgan fingerprint density at radius 2 is 1.77 bits per heavy atom. The summed E-state index contributed by atoms with van der Waals surface area (Å²) in [6.45, 7) is 3.42. The first kappa shape index (κ1) is 37.4. The molecule has 12 nitrogen and oxygen atoms in total. The van der Waals surface area contributed by atoms with E-state index in [0.717, 1.165) is 12.3 Å². The number of nitrogens with zero attached hydrogens (tertiary/aromatic N) is 4. The second kappa shape index (κ2) is 14.2. The summed E-state index contributed by atoms with van der Waals surface area (Å²) in [5.41, 5.74) is 2.56. The van der Waals surface area contributed by atoms with Crippen LogP contribution in [-0.4, -0.2) is 63.7 Å². The lowest BCUT2D eigenvalue weighted by Crippen LogP contribution is -2.35. The fraction of sp³-hybridized carbons (Fsp3) is 0.371. The number of anilines is 1. The molecule has 17 heteroatoms. The molecular formula is C35H38ClF2N7O5S2. The Labute approximate surface area is 305 Å². The van der Waals surface area contributed by atoms with Gasteiger partial charge in [0, 0.05) is 42.3 Å². The van der Waals surface area contributed by atoms with Gasteiger partial charge in [0.05, 0.1) is 50.3 Å². The monoisotopic (exact) mass is 773 g/mol. The minimum Gasteiger partial charge on any atom is -0.348 e. The van der Waals surface area contributed by atoms with Crippen molar-refractivity contribution in [3.63, 3.8) is 0 Å². The highest BCUT2D eigenvalue weighted by atomic mass is 35.5. The van der Waals surface area contributed by atoms with Crippen molar-refractivity contribution in [1.29, 1.82) is 0 Å². The van der Waals surface area contributed by atoms with E-state index in [2.05, 4.69) is 25.1 Å². The van der Waals surface area contributed by atoms with Gasteiger partial charge in [-0.05, 0) is 75.8 Å². The van der Waals surface area contributed by atoms with Crippen molar-refractivity contribution >= 4 is 54.1 Å². The van der Waals surface area contributed by atoms with Gasteiger partial charge in [-0.25, -0.2) is 30.6 Å². The van der Waals surface area contributed by atoms with Crippen LogP contribution in [0.3, 0.4) is 0 Å². The lowest BCUT2D eigenvalue weighted by molar-refractivity contribution is -0.121. The zero-order chi connectivity index (χ0) is 37.6. The number of halogens is 3. The van der Waals surface area contributed by atoms with Crippen LogP contribution in [0.5, 0.6) is 0 Å². The van der Waals surface area contributed by atoms with Gasteiger partial charge >= 0.3 is 0 Å². The highest BCUT2D eigenvalue weighted by molar-refractivity contribution is 7.93. The number of sulfonamides is 1. The Morgan fingerprint density at radius 1 is 1.08 bits per heavy atom. The lowest BCUT2D eigenvalue weighted by atomic mass is 9.93. The van der Waals surface area contributed by atoms with Crippen LogP contribution >= 0.6 is 11.6 Å². The lowest BCUT2D eigenvalue weighted by Gasteiger charge is -2.26. The minimum atomic E-state index is -3.74. The van der Waals surface area contributed by atoms with E-state index < -0.39 is 48.2 Å². The number of rotatable bonds is 14. The van der Waals surface area contributed by atoms with E-state index in [0.29, 0.717) is 52.1 Å². The molecule has 1 aliphatic carbocycles. The molecule has 2 aromatic carbocycles. The molecule has 1 fully saturated rings. The molecule has 6 rings (SSSR count). The van der Waals surface area contributed by atoms with Crippen LogP contribution in [0.1, 0.15) is 61.9 Å². The number of benzene rings is 2. The summed E-state index contributed by atoms with van der Waals surface area (Å²) in [7, 11) is -5.50. The second-order valence-corrected chi connectivity index (χ2v) is 18.7. The first-order valence-corrected chi connectivity index (χ1v) is 20.3. The molecule has 0 saturated heterocycles. The average Bonchev–Trinajstić information content (AvgIpc) is 3.71. The van der Waals surface area contributed by atoms with Gasteiger partial charge in [-0.3, -0.25) is 19.2 Å². The molecule has 0 unspecified atom stereocenters. The number of hydrogen-bond acceptors (Lipinski definition) is 8. The number of aromatic nitrogens is 5. The number of carbonyl (C=O) groups excluding carboxylic acids is 1. The third kappa shape index (κ3) is 8.13. The van der Waals surface area contributed by atoms with E-state index in [9.17, 15) is 30.4 Å². The molecule has 1 saturated carbocycles. The molecule has 3 aromatic heterocycles. The van der Waals surface area contributed by atoms with Crippen LogP contribution in [0.4, 0.5) is 14.6 Å². The number of aryl methyl sites for hydroxylation is 2. The first-order valence-electron chi connectivity index (χ1n) is 16.5. The molecule has 0 spiro atoms. The molecule has 1 atom stereocenters. The standard InChI is InChI=1S/C35H38ClF2N7O5S2/c1-35(2,52(49,50)24-6-7-24)12-11-23-5-8-25(26-9-10-27(36)31-33(26)45(3)43-34(31)44-51(4,47)48)32(41-23)28(17-20-15-21(37)18-22(38)16-20)42-30(46)19-29-39-13-14-40-29/h5,8-10,13-16,18,24,28H,6-7,11-12,17,19H2,1-4H3,(H,39,40)(H,42,46)(H,43,44)/t28-/m0/s1. The predicted molar refractivity (Wildman–Crippen MR) is 195 cm³/mol. The van der Waals surface area contributed by atoms with Crippen molar-refractivity contribution in [1.82, 2.24) is 30.0 Å². The van der Waals surface area contributed by atoms with Crippen LogP contribution < -0.4 is 10.0 Å². The van der Waals surface area contributed by atoms with Gasteiger partial charge in [-0.1, -0.05) is 23.7 Å². The van der Waals surface area contributed by atoms with Crippen molar-refractivity contribution in [3.8, 4) is 11.1 Å². The molecule has 1 amide bonds. The van der Waals surface area contributed by atoms with Crippen molar-refractivity contribution in [3.05, 3.63) is 94.3 Å². The molecule has 276 valence electrons. The zero-order valence-corrected chi connectivity index (χ0v) is 31.3. The Bertz CT molecular complexity index is 2360. The number of hydrogen-bond donors (Lipinski definition) is 3. The van der Waals surface area contributed by atoms with Gasteiger partial charge < -0.3 is 10.3 Å². The van der Waals surface area contributed by atoms with Crippen molar-refractivity contribution < 1.29 is 30.4 Å². The molecular weight excluding hydrogens is 736 g/mol. The summed E-state index contributed by atoms with van der Waals surface area (Å²) >= 11 is 6.62. The number of amides is 1. The van der Waals surface area contributed by atoms with E-state index in [1.54, 1.807) is 51.4 Å². The Kier molecular flexibility index (Phi) is 10.2. The second-order valence-electron chi connectivity index (χ2n) is 13.7. The van der Waals surface area contributed by atoms with Crippen LogP contribution in [-0.2, 0) is 51.0 Å². The van der Waals surface area contributed by atoms with Crippen molar-refractivity contribution in [2.75, 3.05) is 11.0 Å². The maximum Gasteiger partial charge on any atom is 0.231 e. The fourth-order valence-corrected chi connectivity index (χ4v) is 9.15. The number of H-pyrrole nitrogens is 1. The quantitative estimate of drug-likeness (QED) is 0.131. The van der Waals surface area contributed by atoms with E-state index in [-0.39, 0.29) is 47.3 Å². The summed E-state index contributed by atoms with van der Waals surface area (Å²) in [4.78, 5) is 25.6. The van der Waals surface area contributed by atoms with Gasteiger partial charge in [0.2, 0.25) is 15.9 Å². The molecule has 0 radical (unpaired) electrons. The number of carbonyl (C=O) groups is 1. The largest absolute Gasteiger partial charge is 0.348 e. The van der Waals surface area contributed by atoms with E-state index in [1.165, 1.54) is 23.0 Å². The molecule has 3 heterocycles. The van der Waals surface area contributed by atoms with Gasteiger partial charge in [0.15, 0.2) is 15.7 Å². The normalized spacial score (nSPS) is 14.4. The van der Waals surface area contributed by atoms with Crippen LogP contribution in [0.15, 0.2) is 54.9 Å². The van der Waals surface area contributed by atoms with Crippen LogP contribution in [0.2, 0.25) is 5.02 Å². The summed E-state index contributed by atoms with van der Waals surface area (Å²) in [6.07, 6.45) is 5.72. The van der Waals surface area contributed by atoms with Crippen molar-refractivity contribution in [2.45, 2.75) is 68.4 Å². The van der Waals surface area contributed by atoms with E-state index in [4.69, 9.17) is 16.6 Å². The maximum atomic E-state index is 14.5.